The second-order valence-corrected chi connectivity index (χ2v) is 8.49. The number of carbonyl (C=O) groups is 1. The maximum absolute atomic E-state index is 10.7. The third-order valence-corrected chi connectivity index (χ3v) is 6.59. The molecule has 0 fully saturated rings. The van der Waals surface area contributed by atoms with Crippen molar-refractivity contribution in [1.82, 2.24) is 0 Å². The zero-order chi connectivity index (χ0) is 16.8. The van der Waals surface area contributed by atoms with Crippen molar-refractivity contribution in [2.75, 3.05) is 20.6 Å². The molecular formula is C18H37INO2+. The standard InChI is InChI=1S/C18H36INO2/c1-4-5-6-7-8-9-10-11-12-13-14-17(19)20(2,3)16-15-18(21)22/h17H,4-16H2,1-3H3/p+1. The lowest BCUT2D eigenvalue weighted by Gasteiger charge is -2.34. The Morgan fingerprint density at radius 3 is 1.86 bits per heavy atom. The Morgan fingerprint density at radius 2 is 1.41 bits per heavy atom. The smallest absolute Gasteiger partial charge is 0.309 e. The predicted molar refractivity (Wildman–Crippen MR) is 103 cm³/mol. The molecule has 0 amide bonds. The van der Waals surface area contributed by atoms with Gasteiger partial charge in [0.25, 0.3) is 0 Å². The second-order valence-electron chi connectivity index (χ2n) is 7.05. The summed E-state index contributed by atoms with van der Waals surface area (Å²) < 4.78 is 1.33. The number of halogens is 1. The molecule has 0 aliphatic carbocycles. The Kier molecular flexibility index (Phi) is 13.7. The van der Waals surface area contributed by atoms with E-state index in [0.717, 1.165) is 11.0 Å². The van der Waals surface area contributed by atoms with Crippen LogP contribution >= 0.6 is 22.6 Å². The zero-order valence-electron chi connectivity index (χ0n) is 15.0. The highest BCUT2D eigenvalue weighted by Gasteiger charge is 2.25. The minimum Gasteiger partial charge on any atom is -0.481 e. The third-order valence-electron chi connectivity index (χ3n) is 4.46. The first kappa shape index (κ1) is 22.2. The number of nitrogens with zero attached hydrogens (tertiary/aromatic N) is 1. The molecule has 1 N–H and O–H groups in total. The number of quaternary nitrogens is 1. The van der Waals surface area contributed by atoms with E-state index in [2.05, 4.69) is 43.6 Å². The van der Waals surface area contributed by atoms with Gasteiger partial charge in [0, 0.05) is 6.42 Å². The Balaban J connectivity index is 3.51. The number of carboxylic acids is 1. The van der Waals surface area contributed by atoms with Crippen LogP contribution in [0.4, 0.5) is 0 Å². The SMILES string of the molecule is CCCCCCCCCCCCC(I)[N+](C)(C)CCC(=O)O. The molecule has 0 heterocycles. The highest BCUT2D eigenvalue weighted by Crippen LogP contribution is 2.22. The molecule has 0 aliphatic heterocycles. The van der Waals surface area contributed by atoms with Gasteiger partial charge in [0.05, 0.1) is 27.1 Å². The van der Waals surface area contributed by atoms with Crippen molar-refractivity contribution < 1.29 is 14.4 Å². The molecule has 0 saturated heterocycles. The summed E-state index contributed by atoms with van der Waals surface area (Å²) in [6, 6.07) is 0. The average molecular weight is 426 g/mol. The van der Waals surface area contributed by atoms with Gasteiger partial charge in [0.15, 0.2) is 0 Å². The first-order valence-electron chi connectivity index (χ1n) is 9.08. The molecule has 1 unspecified atom stereocenters. The van der Waals surface area contributed by atoms with Crippen molar-refractivity contribution in [2.24, 2.45) is 0 Å². The molecule has 0 rings (SSSR count). The summed E-state index contributed by atoms with van der Waals surface area (Å²) in [7, 11) is 4.30. The molecule has 0 aromatic carbocycles. The van der Waals surface area contributed by atoms with Crippen molar-refractivity contribution in [3.63, 3.8) is 0 Å². The van der Waals surface area contributed by atoms with Gasteiger partial charge in [-0.25, -0.2) is 0 Å². The number of carboxylic acid groups (broad SMARTS) is 1. The van der Waals surface area contributed by atoms with E-state index in [9.17, 15) is 4.79 Å². The monoisotopic (exact) mass is 426 g/mol. The maximum atomic E-state index is 10.7. The summed E-state index contributed by atoms with van der Waals surface area (Å²) in [6.45, 7) is 2.99. The lowest BCUT2D eigenvalue weighted by molar-refractivity contribution is -0.896. The van der Waals surface area contributed by atoms with Gasteiger partial charge in [0.1, 0.15) is 4.05 Å². The van der Waals surface area contributed by atoms with Crippen molar-refractivity contribution in [3.8, 4) is 0 Å². The Morgan fingerprint density at radius 1 is 0.955 bits per heavy atom. The molecule has 0 aromatic rings. The van der Waals surface area contributed by atoms with Gasteiger partial charge in [-0.2, -0.15) is 0 Å². The summed E-state index contributed by atoms with van der Waals surface area (Å²) >= 11 is 2.50. The number of hydrogen-bond donors (Lipinski definition) is 1. The van der Waals surface area contributed by atoms with E-state index in [0.29, 0.717) is 4.05 Å². The van der Waals surface area contributed by atoms with Crippen molar-refractivity contribution in [2.45, 2.75) is 88.0 Å². The summed E-state index contributed by atoms with van der Waals surface area (Å²) in [4.78, 5) is 10.7. The minimum absolute atomic E-state index is 0.268. The molecule has 0 aliphatic rings. The van der Waals surface area contributed by atoms with Gasteiger partial charge in [-0.15, -0.1) is 0 Å². The van der Waals surface area contributed by atoms with E-state index in [1.54, 1.807) is 0 Å². The second kappa shape index (κ2) is 13.6. The third kappa shape index (κ3) is 12.7. The fraction of sp³-hybridized carbons (Fsp3) is 0.944. The molecule has 132 valence electrons. The Labute approximate surface area is 151 Å². The van der Waals surface area contributed by atoms with Gasteiger partial charge in [-0.1, -0.05) is 64.7 Å². The number of aliphatic carboxylic acids is 1. The van der Waals surface area contributed by atoms with Gasteiger partial charge in [-0.05, 0) is 29.0 Å². The number of hydrogen-bond acceptors (Lipinski definition) is 1. The van der Waals surface area contributed by atoms with Crippen molar-refractivity contribution >= 4 is 28.6 Å². The molecule has 0 spiro atoms. The summed E-state index contributed by atoms with van der Waals surface area (Å²) in [5, 5.41) is 8.81. The topological polar surface area (TPSA) is 37.3 Å². The van der Waals surface area contributed by atoms with Crippen LogP contribution in [0.1, 0.15) is 84.0 Å². The highest BCUT2D eigenvalue weighted by molar-refractivity contribution is 14.1. The molecule has 3 nitrogen and oxygen atoms in total. The van der Waals surface area contributed by atoms with E-state index in [-0.39, 0.29) is 6.42 Å². The normalized spacial score (nSPS) is 13.3. The van der Waals surface area contributed by atoms with Crippen LogP contribution in [0.2, 0.25) is 0 Å². The quantitative estimate of drug-likeness (QED) is 0.122. The molecule has 0 radical (unpaired) electrons. The molecule has 0 saturated carbocycles. The van der Waals surface area contributed by atoms with Gasteiger partial charge in [-0.3, -0.25) is 4.79 Å². The van der Waals surface area contributed by atoms with Gasteiger partial charge < -0.3 is 9.59 Å². The minimum atomic E-state index is -0.686. The lowest BCUT2D eigenvalue weighted by atomic mass is 10.1. The average Bonchev–Trinajstić information content (AvgIpc) is 2.47. The fourth-order valence-electron chi connectivity index (χ4n) is 2.67. The van der Waals surface area contributed by atoms with E-state index < -0.39 is 5.97 Å². The van der Waals surface area contributed by atoms with E-state index in [1.165, 1.54) is 70.6 Å². The van der Waals surface area contributed by atoms with Crippen LogP contribution in [0, 0.1) is 0 Å². The van der Waals surface area contributed by atoms with E-state index >= 15 is 0 Å². The number of rotatable bonds is 15. The summed E-state index contributed by atoms with van der Waals surface area (Å²) in [5.41, 5.74) is 0. The van der Waals surface area contributed by atoms with Crippen LogP contribution in [0.3, 0.4) is 0 Å². The Hall–Kier alpha value is 0.160. The molecule has 22 heavy (non-hydrogen) atoms. The molecule has 4 heteroatoms. The fourth-order valence-corrected chi connectivity index (χ4v) is 3.39. The number of unbranched alkanes of at least 4 members (excludes halogenated alkanes) is 9. The molecular weight excluding hydrogens is 389 g/mol. The highest BCUT2D eigenvalue weighted by atomic mass is 127. The summed E-state index contributed by atoms with van der Waals surface area (Å²) in [5.74, 6) is -0.686. The van der Waals surface area contributed by atoms with Crippen LogP contribution in [0.25, 0.3) is 0 Å². The zero-order valence-corrected chi connectivity index (χ0v) is 17.1. The van der Waals surface area contributed by atoms with Gasteiger partial charge >= 0.3 is 5.97 Å². The molecule has 0 bridgehead atoms. The van der Waals surface area contributed by atoms with Crippen molar-refractivity contribution in [3.05, 3.63) is 0 Å². The maximum Gasteiger partial charge on any atom is 0.309 e. The predicted octanol–water partition coefficient (Wildman–Crippen LogP) is 5.61. The van der Waals surface area contributed by atoms with Crippen LogP contribution in [-0.4, -0.2) is 40.2 Å². The van der Waals surface area contributed by atoms with Crippen LogP contribution < -0.4 is 0 Å². The molecule has 1 atom stereocenters. The van der Waals surface area contributed by atoms with Gasteiger partial charge in [0.2, 0.25) is 0 Å². The number of alkyl halides is 1. The van der Waals surface area contributed by atoms with Crippen molar-refractivity contribution in [1.29, 1.82) is 0 Å². The van der Waals surface area contributed by atoms with Crippen LogP contribution in [0.15, 0.2) is 0 Å². The van der Waals surface area contributed by atoms with Crippen LogP contribution in [-0.2, 0) is 4.79 Å². The Bertz CT molecular complexity index is 282. The largest absolute Gasteiger partial charge is 0.481 e. The first-order chi connectivity index (χ1) is 10.4. The van der Waals surface area contributed by atoms with E-state index in [4.69, 9.17) is 5.11 Å². The summed E-state index contributed by atoms with van der Waals surface area (Å²) in [6.07, 6.45) is 15.2. The lowest BCUT2D eigenvalue weighted by Crippen LogP contribution is -2.46. The first-order valence-corrected chi connectivity index (χ1v) is 10.3. The van der Waals surface area contributed by atoms with E-state index in [1.807, 2.05) is 0 Å². The van der Waals surface area contributed by atoms with Crippen LogP contribution in [0.5, 0.6) is 0 Å². The molecule has 0 aromatic heterocycles.